The van der Waals surface area contributed by atoms with Crippen molar-refractivity contribution in [3.05, 3.63) is 53.6 Å². The van der Waals surface area contributed by atoms with Gasteiger partial charge in [-0.3, -0.25) is 0 Å². The molecule has 0 saturated carbocycles. The minimum Gasteiger partial charge on any atom is -0.409 e. The van der Waals surface area contributed by atoms with Crippen molar-refractivity contribution in [1.29, 1.82) is 0 Å². The van der Waals surface area contributed by atoms with Gasteiger partial charge in [-0.15, -0.1) is 0 Å². The third-order valence-corrected chi connectivity index (χ3v) is 2.41. The monoisotopic (exact) mass is 252 g/mol. The van der Waals surface area contributed by atoms with Gasteiger partial charge in [0.05, 0.1) is 6.54 Å². The maximum Gasteiger partial charge on any atom is 0.206 e. The number of rotatable bonds is 3. The summed E-state index contributed by atoms with van der Waals surface area (Å²) in [6, 6.07) is 3.30. The van der Waals surface area contributed by atoms with E-state index in [0.717, 1.165) is 6.07 Å². The van der Waals surface area contributed by atoms with Crippen LogP contribution in [0.4, 0.5) is 8.78 Å². The summed E-state index contributed by atoms with van der Waals surface area (Å²) in [4.78, 5) is 3.88. The predicted octanol–water partition coefficient (Wildman–Crippen LogP) is 1.30. The first kappa shape index (κ1) is 12.0. The zero-order chi connectivity index (χ0) is 13.1. The van der Waals surface area contributed by atoms with Gasteiger partial charge in [-0.1, -0.05) is 11.2 Å². The Labute approximate surface area is 101 Å². The van der Waals surface area contributed by atoms with Crippen LogP contribution in [0.25, 0.3) is 0 Å². The number of halogens is 2. The minimum atomic E-state index is -0.658. The van der Waals surface area contributed by atoms with Gasteiger partial charge >= 0.3 is 0 Å². The number of oxime groups is 1. The van der Waals surface area contributed by atoms with Gasteiger partial charge in [0.2, 0.25) is 5.84 Å². The highest BCUT2D eigenvalue weighted by Crippen LogP contribution is 2.12. The molecule has 0 bridgehead atoms. The Morgan fingerprint density at radius 2 is 2.22 bits per heavy atom. The maximum atomic E-state index is 13.5. The molecule has 0 aliphatic carbocycles. The molecule has 5 nitrogen and oxygen atoms in total. The van der Waals surface area contributed by atoms with E-state index in [2.05, 4.69) is 10.1 Å². The molecule has 7 heteroatoms. The van der Waals surface area contributed by atoms with Crippen molar-refractivity contribution in [3.63, 3.8) is 0 Å². The summed E-state index contributed by atoms with van der Waals surface area (Å²) in [7, 11) is 0. The summed E-state index contributed by atoms with van der Waals surface area (Å²) >= 11 is 0. The Hall–Kier alpha value is -2.44. The van der Waals surface area contributed by atoms with Gasteiger partial charge in [-0.05, 0) is 6.07 Å². The number of nitrogens with zero attached hydrogens (tertiary/aromatic N) is 3. The lowest BCUT2D eigenvalue weighted by Crippen LogP contribution is -2.20. The van der Waals surface area contributed by atoms with Crippen LogP contribution >= 0.6 is 0 Å². The quantitative estimate of drug-likeness (QED) is 0.374. The lowest BCUT2D eigenvalue weighted by molar-refractivity contribution is 0.318. The van der Waals surface area contributed by atoms with Gasteiger partial charge in [-0.2, -0.15) is 0 Å². The summed E-state index contributed by atoms with van der Waals surface area (Å²) in [5.41, 5.74) is 5.70. The Morgan fingerprint density at radius 3 is 2.89 bits per heavy atom. The first-order valence-corrected chi connectivity index (χ1v) is 5.05. The third-order valence-electron chi connectivity index (χ3n) is 2.41. The van der Waals surface area contributed by atoms with E-state index < -0.39 is 11.6 Å². The molecule has 0 unspecified atom stereocenters. The van der Waals surface area contributed by atoms with E-state index in [9.17, 15) is 8.78 Å². The molecule has 0 amide bonds. The van der Waals surface area contributed by atoms with Crippen LogP contribution in [0.2, 0.25) is 0 Å². The number of hydrogen-bond acceptors (Lipinski definition) is 3. The summed E-state index contributed by atoms with van der Waals surface area (Å²) in [6.45, 7) is 0.109. The van der Waals surface area contributed by atoms with Gasteiger partial charge in [0.25, 0.3) is 0 Å². The Morgan fingerprint density at radius 1 is 1.44 bits per heavy atom. The third kappa shape index (κ3) is 2.29. The lowest BCUT2D eigenvalue weighted by atomic mass is 10.2. The molecular formula is C11H10F2N4O. The van der Waals surface area contributed by atoms with E-state index >= 15 is 0 Å². The number of amidine groups is 1. The van der Waals surface area contributed by atoms with Crippen LogP contribution in [-0.4, -0.2) is 20.6 Å². The molecule has 0 saturated heterocycles. The van der Waals surface area contributed by atoms with Crippen molar-refractivity contribution >= 4 is 5.84 Å². The minimum absolute atomic E-state index is 0.109. The van der Waals surface area contributed by atoms with Gasteiger partial charge in [0.15, 0.2) is 5.82 Å². The van der Waals surface area contributed by atoms with Gasteiger partial charge in [0, 0.05) is 24.0 Å². The highest BCUT2D eigenvalue weighted by molar-refractivity contribution is 5.93. The van der Waals surface area contributed by atoms with Crippen molar-refractivity contribution in [2.45, 2.75) is 6.54 Å². The van der Waals surface area contributed by atoms with E-state index in [1.165, 1.54) is 22.9 Å². The number of hydrogen-bond donors (Lipinski definition) is 2. The fraction of sp³-hybridized carbons (Fsp3) is 0.0909. The first-order chi connectivity index (χ1) is 8.61. The molecule has 0 radical (unpaired) electrons. The van der Waals surface area contributed by atoms with Crippen LogP contribution in [-0.2, 0) is 6.54 Å². The van der Waals surface area contributed by atoms with Crippen LogP contribution in [0.15, 0.2) is 35.7 Å². The summed E-state index contributed by atoms with van der Waals surface area (Å²) < 4.78 is 27.7. The fourth-order valence-electron chi connectivity index (χ4n) is 1.55. The second kappa shape index (κ2) is 4.82. The Balaban J connectivity index is 2.32. The molecule has 0 aliphatic rings. The second-order valence-electron chi connectivity index (χ2n) is 3.60. The zero-order valence-corrected chi connectivity index (χ0v) is 9.22. The van der Waals surface area contributed by atoms with Crippen molar-refractivity contribution in [2.75, 3.05) is 0 Å². The predicted molar refractivity (Wildman–Crippen MR) is 60.2 cm³/mol. The number of imidazole rings is 1. The van der Waals surface area contributed by atoms with E-state index in [0.29, 0.717) is 0 Å². The summed E-state index contributed by atoms with van der Waals surface area (Å²) in [5.74, 6) is -1.27. The molecule has 0 aliphatic heterocycles. The molecule has 3 N–H and O–H groups in total. The van der Waals surface area contributed by atoms with Crippen LogP contribution in [0.5, 0.6) is 0 Å². The van der Waals surface area contributed by atoms with Crippen LogP contribution in [0.3, 0.4) is 0 Å². The normalized spacial score (nSPS) is 11.8. The highest BCUT2D eigenvalue weighted by Gasteiger charge is 2.10. The van der Waals surface area contributed by atoms with Crippen LogP contribution in [0.1, 0.15) is 11.4 Å². The van der Waals surface area contributed by atoms with Gasteiger partial charge in [-0.25, -0.2) is 13.8 Å². The molecule has 0 atom stereocenters. The SMILES string of the molecule is NC(=NO)c1nccn1Cc1ccc(F)cc1F. The summed E-state index contributed by atoms with van der Waals surface area (Å²) in [5, 5.41) is 11.4. The van der Waals surface area contributed by atoms with E-state index in [4.69, 9.17) is 10.9 Å². The van der Waals surface area contributed by atoms with Gasteiger partial charge < -0.3 is 15.5 Å². The Kier molecular flexibility index (Phi) is 3.22. The second-order valence-corrected chi connectivity index (χ2v) is 3.60. The van der Waals surface area contributed by atoms with Crippen molar-refractivity contribution in [2.24, 2.45) is 10.9 Å². The molecule has 1 aromatic heterocycles. The molecule has 18 heavy (non-hydrogen) atoms. The smallest absolute Gasteiger partial charge is 0.206 e. The standard InChI is InChI=1S/C11H10F2N4O/c12-8-2-1-7(9(13)5-8)6-17-4-3-15-11(17)10(14)16-18/h1-5,18H,6H2,(H2,14,16). The van der Waals surface area contributed by atoms with E-state index in [1.807, 2.05) is 0 Å². The topological polar surface area (TPSA) is 76.4 Å². The maximum absolute atomic E-state index is 13.5. The van der Waals surface area contributed by atoms with Crippen LogP contribution in [0, 0.1) is 11.6 Å². The van der Waals surface area contributed by atoms with E-state index in [-0.39, 0.29) is 23.8 Å². The average molecular weight is 252 g/mol. The number of benzene rings is 1. The van der Waals surface area contributed by atoms with Crippen LogP contribution < -0.4 is 5.73 Å². The van der Waals surface area contributed by atoms with Gasteiger partial charge in [0.1, 0.15) is 11.6 Å². The molecule has 94 valence electrons. The first-order valence-electron chi connectivity index (χ1n) is 5.05. The molecule has 0 fully saturated rings. The molecule has 2 rings (SSSR count). The Bertz CT molecular complexity index is 594. The van der Waals surface area contributed by atoms with Crippen molar-refractivity contribution in [3.8, 4) is 0 Å². The molecule has 2 aromatic rings. The lowest BCUT2D eigenvalue weighted by Gasteiger charge is -2.07. The molecule has 0 spiro atoms. The molecular weight excluding hydrogens is 242 g/mol. The number of nitrogens with two attached hydrogens (primary N) is 1. The fourth-order valence-corrected chi connectivity index (χ4v) is 1.55. The molecule has 1 heterocycles. The average Bonchev–Trinajstić information content (AvgIpc) is 2.80. The van der Waals surface area contributed by atoms with E-state index in [1.54, 1.807) is 6.20 Å². The van der Waals surface area contributed by atoms with Crippen molar-refractivity contribution < 1.29 is 14.0 Å². The van der Waals surface area contributed by atoms with Crippen molar-refractivity contribution in [1.82, 2.24) is 9.55 Å². The largest absolute Gasteiger partial charge is 0.409 e. The zero-order valence-electron chi connectivity index (χ0n) is 9.22. The highest BCUT2D eigenvalue weighted by atomic mass is 19.1. The molecule has 1 aromatic carbocycles. The summed E-state index contributed by atoms with van der Waals surface area (Å²) in [6.07, 6.45) is 2.99. The number of aromatic nitrogens is 2.